The second-order valence-electron chi connectivity index (χ2n) is 4.85. The molecular weight excluding hydrogens is 369 g/mol. The number of thioether (sulfide) groups is 1. The minimum absolute atomic E-state index is 0.0339. The van der Waals surface area contributed by atoms with Crippen molar-refractivity contribution in [3.05, 3.63) is 53.3 Å². The molecule has 0 bridgehead atoms. The quantitative estimate of drug-likeness (QED) is 0.662. The first kappa shape index (κ1) is 17.2. The molecule has 1 aromatic heterocycles. The van der Waals surface area contributed by atoms with E-state index >= 15 is 0 Å². The second-order valence-corrected chi connectivity index (χ2v) is 6.20. The molecule has 10 heteroatoms. The van der Waals surface area contributed by atoms with Crippen LogP contribution >= 0.6 is 23.4 Å². The molecule has 7 nitrogen and oxygen atoms in total. The molecule has 0 unspecified atom stereocenters. The van der Waals surface area contributed by atoms with Crippen molar-refractivity contribution in [1.82, 2.24) is 20.2 Å². The lowest BCUT2D eigenvalue weighted by Gasteiger charge is -2.07. The number of nitrogens with one attached hydrogen (secondary N) is 1. The van der Waals surface area contributed by atoms with E-state index in [2.05, 4.69) is 20.8 Å². The molecule has 0 saturated heterocycles. The predicted octanol–water partition coefficient (Wildman–Crippen LogP) is 2.89. The normalized spacial score (nSPS) is 10.6. The Morgan fingerprint density at radius 3 is 2.76 bits per heavy atom. The average molecular weight is 380 g/mol. The number of aromatic nitrogens is 4. The third kappa shape index (κ3) is 4.25. The van der Waals surface area contributed by atoms with E-state index < -0.39 is 5.82 Å². The molecule has 2 aromatic carbocycles. The van der Waals surface area contributed by atoms with Gasteiger partial charge in [0.1, 0.15) is 11.6 Å². The highest BCUT2D eigenvalue weighted by Crippen LogP contribution is 2.24. The van der Waals surface area contributed by atoms with Gasteiger partial charge >= 0.3 is 0 Å². The molecule has 0 aliphatic rings. The van der Waals surface area contributed by atoms with E-state index in [4.69, 9.17) is 11.6 Å². The van der Waals surface area contributed by atoms with Crippen molar-refractivity contribution in [2.75, 3.05) is 11.1 Å². The third-order valence-corrected chi connectivity index (χ3v) is 4.30. The number of amides is 1. The van der Waals surface area contributed by atoms with Crippen LogP contribution in [0.2, 0.25) is 5.02 Å². The van der Waals surface area contributed by atoms with E-state index in [-0.39, 0.29) is 22.4 Å². The van der Waals surface area contributed by atoms with Crippen LogP contribution in [0.4, 0.5) is 10.1 Å². The number of hydrogen-bond acceptors (Lipinski definition) is 6. The van der Waals surface area contributed by atoms with Crippen molar-refractivity contribution in [3.8, 4) is 11.4 Å². The molecule has 2 N–H and O–H groups in total. The summed E-state index contributed by atoms with van der Waals surface area (Å²) in [5, 5.41) is 23.8. The van der Waals surface area contributed by atoms with Crippen LogP contribution in [-0.2, 0) is 4.79 Å². The number of phenolic OH excluding ortho intramolecular Hbond substituents is 1. The fraction of sp³-hybridized carbons (Fsp3) is 0.0667. The van der Waals surface area contributed by atoms with E-state index in [0.29, 0.717) is 16.5 Å². The topological polar surface area (TPSA) is 92.9 Å². The van der Waals surface area contributed by atoms with Crippen molar-refractivity contribution < 1.29 is 14.3 Å². The van der Waals surface area contributed by atoms with Gasteiger partial charge in [0.25, 0.3) is 0 Å². The minimum atomic E-state index is -0.481. The van der Waals surface area contributed by atoms with Crippen molar-refractivity contribution in [2.45, 2.75) is 5.16 Å². The SMILES string of the molecule is O=C(CSc1nnnn1-c1ccc(O)cc1)Nc1ccc(F)cc1Cl. The number of hydrogen-bond donors (Lipinski definition) is 2. The van der Waals surface area contributed by atoms with Crippen LogP contribution < -0.4 is 5.32 Å². The van der Waals surface area contributed by atoms with Gasteiger partial charge in [0.2, 0.25) is 11.1 Å². The average Bonchev–Trinajstić information content (AvgIpc) is 3.05. The predicted molar refractivity (Wildman–Crippen MR) is 91.6 cm³/mol. The van der Waals surface area contributed by atoms with Crippen LogP contribution in [0, 0.1) is 5.82 Å². The van der Waals surface area contributed by atoms with E-state index in [1.807, 2.05) is 0 Å². The summed E-state index contributed by atoms with van der Waals surface area (Å²) in [5.74, 6) is -0.655. The number of phenols is 1. The third-order valence-electron chi connectivity index (χ3n) is 3.07. The molecule has 1 heterocycles. The van der Waals surface area contributed by atoms with Gasteiger partial charge < -0.3 is 10.4 Å². The summed E-state index contributed by atoms with van der Waals surface area (Å²) in [7, 11) is 0. The van der Waals surface area contributed by atoms with Gasteiger partial charge in [-0.05, 0) is 52.9 Å². The number of anilines is 1. The Kier molecular flexibility index (Phi) is 5.15. The number of rotatable bonds is 5. The van der Waals surface area contributed by atoms with Crippen molar-refractivity contribution in [2.24, 2.45) is 0 Å². The lowest BCUT2D eigenvalue weighted by Crippen LogP contribution is -2.15. The Labute approximate surface area is 150 Å². The fourth-order valence-electron chi connectivity index (χ4n) is 1.93. The van der Waals surface area contributed by atoms with Gasteiger partial charge in [0, 0.05) is 0 Å². The molecule has 25 heavy (non-hydrogen) atoms. The maximum absolute atomic E-state index is 13.0. The highest BCUT2D eigenvalue weighted by Gasteiger charge is 2.13. The second kappa shape index (κ2) is 7.49. The first-order chi connectivity index (χ1) is 12.0. The number of halogens is 2. The lowest BCUT2D eigenvalue weighted by molar-refractivity contribution is -0.113. The fourth-order valence-corrected chi connectivity index (χ4v) is 2.84. The van der Waals surface area contributed by atoms with E-state index in [1.165, 1.54) is 28.9 Å². The number of benzene rings is 2. The molecule has 0 aliphatic heterocycles. The summed E-state index contributed by atoms with van der Waals surface area (Å²) >= 11 is 7.00. The van der Waals surface area contributed by atoms with Crippen LogP contribution in [0.25, 0.3) is 5.69 Å². The molecule has 0 saturated carbocycles. The summed E-state index contributed by atoms with van der Waals surface area (Å²) in [4.78, 5) is 12.0. The molecule has 128 valence electrons. The van der Waals surface area contributed by atoms with Crippen LogP contribution in [0.15, 0.2) is 47.6 Å². The molecule has 3 aromatic rings. The first-order valence-corrected chi connectivity index (χ1v) is 8.35. The zero-order chi connectivity index (χ0) is 17.8. The van der Waals surface area contributed by atoms with Crippen LogP contribution in [0.5, 0.6) is 5.75 Å². The Bertz CT molecular complexity index is 903. The van der Waals surface area contributed by atoms with Gasteiger partial charge in [-0.3, -0.25) is 4.79 Å². The maximum atomic E-state index is 13.0. The zero-order valence-corrected chi connectivity index (χ0v) is 14.1. The molecule has 0 aliphatic carbocycles. The molecule has 1 amide bonds. The molecule has 0 atom stereocenters. The minimum Gasteiger partial charge on any atom is -0.508 e. The Morgan fingerprint density at radius 2 is 2.04 bits per heavy atom. The Balaban J connectivity index is 1.65. The highest BCUT2D eigenvalue weighted by atomic mass is 35.5. The number of carbonyl (C=O) groups excluding carboxylic acids is 1. The number of nitrogens with zero attached hydrogens (tertiary/aromatic N) is 4. The van der Waals surface area contributed by atoms with Crippen molar-refractivity contribution in [3.63, 3.8) is 0 Å². The lowest BCUT2D eigenvalue weighted by atomic mass is 10.3. The van der Waals surface area contributed by atoms with Crippen molar-refractivity contribution >= 4 is 35.0 Å². The summed E-state index contributed by atoms with van der Waals surface area (Å²) in [5.41, 5.74) is 0.971. The molecule has 0 spiro atoms. The van der Waals surface area contributed by atoms with Crippen LogP contribution in [-0.4, -0.2) is 37.0 Å². The Morgan fingerprint density at radius 1 is 1.28 bits per heavy atom. The molecular formula is C15H11ClFN5O2S. The monoisotopic (exact) mass is 379 g/mol. The van der Waals surface area contributed by atoms with Gasteiger partial charge in [0.05, 0.1) is 22.2 Å². The summed E-state index contributed by atoms with van der Waals surface area (Å²) < 4.78 is 14.5. The van der Waals surface area contributed by atoms with Gasteiger partial charge in [0.15, 0.2) is 0 Å². The summed E-state index contributed by atoms with van der Waals surface area (Å²) in [6.45, 7) is 0. The zero-order valence-electron chi connectivity index (χ0n) is 12.6. The molecule has 0 radical (unpaired) electrons. The van der Waals surface area contributed by atoms with Gasteiger partial charge in [-0.15, -0.1) is 5.10 Å². The molecule has 0 fully saturated rings. The van der Waals surface area contributed by atoms with Crippen molar-refractivity contribution in [1.29, 1.82) is 0 Å². The van der Waals surface area contributed by atoms with Crippen LogP contribution in [0.3, 0.4) is 0 Å². The van der Waals surface area contributed by atoms with Crippen LogP contribution in [0.1, 0.15) is 0 Å². The van der Waals surface area contributed by atoms with Gasteiger partial charge in [-0.25, -0.2) is 4.39 Å². The van der Waals surface area contributed by atoms with E-state index in [1.54, 1.807) is 12.1 Å². The maximum Gasteiger partial charge on any atom is 0.234 e. The standard InChI is InChI=1S/C15H11ClFN5O2S/c16-12-7-9(17)1-6-13(12)18-14(24)8-25-15-19-20-21-22(15)10-2-4-11(23)5-3-10/h1-7,23H,8H2,(H,18,24). The number of carbonyl (C=O) groups is 1. The largest absolute Gasteiger partial charge is 0.508 e. The number of tetrazole rings is 1. The first-order valence-electron chi connectivity index (χ1n) is 6.98. The van der Waals surface area contributed by atoms with Gasteiger partial charge in [-0.1, -0.05) is 23.4 Å². The van der Waals surface area contributed by atoms with Gasteiger partial charge in [-0.2, -0.15) is 4.68 Å². The molecule has 3 rings (SSSR count). The summed E-state index contributed by atoms with van der Waals surface area (Å²) in [6.07, 6.45) is 0. The number of aromatic hydroxyl groups is 1. The Hall–Kier alpha value is -2.65. The summed E-state index contributed by atoms with van der Waals surface area (Å²) in [6, 6.07) is 10.0. The smallest absolute Gasteiger partial charge is 0.234 e. The van der Waals surface area contributed by atoms with E-state index in [9.17, 15) is 14.3 Å². The highest BCUT2D eigenvalue weighted by molar-refractivity contribution is 7.99. The van der Waals surface area contributed by atoms with E-state index in [0.717, 1.165) is 17.8 Å².